The lowest BCUT2D eigenvalue weighted by Gasteiger charge is -2.33. The highest BCUT2D eigenvalue weighted by atomic mass is 16.6. The maximum Gasteiger partial charge on any atom is 0.410 e. The van der Waals surface area contributed by atoms with Crippen LogP contribution in [0.3, 0.4) is 0 Å². The highest BCUT2D eigenvalue weighted by molar-refractivity contribution is 5.83. The summed E-state index contributed by atoms with van der Waals surface area (Å²) in [5.74, 6) is 0.582. The zero-order valence-electron chi connectivity index (χ0n) is 21.8. The molecule has 35 heavy (non-hydrogen) atoms. The minimum Gasteiger partial charge on any atom is -0.444 e. The van der Waals surface area contributed by atoms with E-state index in [-0.39, 0.29) is 6.09 Å². The van der Waals surface area contributed by atoms with E-state index in [1.807, 2.05) is 25.7 Å². The van der Waals surface area contributed by atoms with Gasteiger partial charge in [-0.2, -0.15) is 0 Å². The molecule has 1 saturated heterocycles. The molecule has 0 unspecified atom stereocenters. The fraction of sp³-hybridized carbons (Fsp3) is 0.517. The number of carbonyl (C=O) groups is 1. The van der Waals surface area contributed by atoms with Gasteiger partial charge in [-0.05, 0) is 90.1 Å². The lowest BCUT2D eigenvalue weighted by atomic mass is 9.91. The van der Waals surface area contributed by atoms with Crippen molar-refractivity contribution in [2.45, 2.75) is 65.0 Å². The Labute approximate surface area is 209 Å². The smallest absolute Gasteiger partial charge is 0.410 e. The van der Waals surface area contributed by atoms with Crippen LogP contribution in [0.25, 0.3) is 11.0 Å². The third-order valence-corrected chi connectivity index (χ3v) is 6.68. The minimum atomic E-state index is -0.450. The molecule has 1 aliphatic heterocycles. The third kappa shape index (κ3) is 6.63. The standard InChI is InChI=1S/C29H39N3O3/c1-29(2,3)34-28(33)32-17-15-21(16-18-32)11-14-26-24-13-12-23(19-22-9-7-6-8-10-22)25(20-31(4)5)27(24)35-30-26/h6-10,12-13,21H,11,14-20H2,1-5H3. The molecule has 1 aliphatic rings. The lowest BCUT2D eigenvalue weighted by molar-refractivity contribution is 0.0181. The number of piperidine rings is 1. The number of aromatic nitrogens is 1. The molecule has 1 aromatic heterocycles. The van der Waals surface area contributed by atoms with Gasteiger partial charge < -0.3 is 19.1 Å². The van der Waals surface area contributed by atoms with Gasteiger partial charge in [-0.1, -0.05) is 41.6 Å². The van der Waals surface area contributed by atoms with Crippen LogP contribution in [0, 0.1) is 5.92 Å². The van der Waals surface area contributed by atoms with Crippen molar-refractivity contribution in [2.24, 2.45) is 5.92 Å². The van der Waals surface area contributed by atoms with Crippen molar-refractivity contribution in [1.82, 2.24) is 15.0 Å². The second-order valence-electron chi connectivity index (χ2n) is 11.1. The predicted octanol–water partition coefficient (Wildman–Crippen LogP) is 6.06. The minimum absolute atomic E-state index is 0.196. The Morgan fingerprint density at radius 1 is 1.11 bits per heavy atom. The van der Waals surface area contributed by atoms with Crippen LogP contribution < -0.4 is 0 Å². The van der Waals surface area contributed by atoms with E-state index in [1.165, 1.54) is 16.7 Å². The first-order valence-electron chi connectivity index (χ1n) is 12.7. The molecule has 4 rings (SSSR count). The molecule has 2 aromatic carbocycles. The normalized spacial score (nSPS) is 15.2. The third-order valence-electron chi connectivity index (χ3n) is 6.68. The Morgan fingerprint density at radius 3 is 2.49 bits per heavy atom. The van der Waals surface area contributed by atoms with Gasteiger partial charge in [0, 0.05) is 30.6 Å². The summed E-state index contributed by atoms with van der Waals surface area (Å²) in [5.41, 5.74) is 5.32. The van der Waals surface area contributed by atoms with Gasteiger partial charge in [0.2, 0.25) is 0 Å². The van der Waals surface area contributed by atoms with Crippen LogP contribution in [0.2, 0.25) is 0 Å². The van der Waals surface area contributed by atoms with Gasteiger partial charge >= 0.3 is 6.09 Å². The number of carbonyl (C=O) groups excluding carboxylic acids is 1. The number of ether oxygens (including phenoxy) is 1. The van der Waals surface area contributed by atoms with Crippen molar-refractivity contribution in [1.29, 1.82) is 0 Å². The highest BCUT2D eigenvalue weighted by Crippen LogP contribution is 2.30. The van der Waals surface area contributed by atoms with Crippen LogP contribution >= 0.6 is 0 Å². The number of hydrogen-bond acceptors (Lipinski definition) is 5. The van der Waals surface area contributed by atoms with Crippen molar-refractivity contribution in [3.63, 3.8) is 0 Å². The molecule has 0 aliphatic carbocycles. The molecule has 188 valence electrons. The van der Waals surface area contributed by atoms with Crippen LogP contribution in [0.4, 0.5) is 4.79 Å². The van der Waals surface area contributed by atoms with Gasteiger partial charge in [0.25, 0.3) is 0 Å². The maximum atomic E-state index is 12.3. The Balaban J connectivity index is 1.42. The van der Waals surface area contributed by atoms with E-state index in [0.717, 1.165) is 68.4 Å². The van der Waals surface area contributed by atoms with E-state index < -0.39 is 5.60 Å². The first-order valence-corrected chi connectivity index (χ1v) is 12.7. The number of benzene rings is 2. The Bertz CT molecular complexity index is 1120. The van der Waals surface area contributed by atoms with Crippen LogP contribution in [-0.2, 0) is 24.1 Å². The number of fused-ring (bicyclic) bond motifs is 1. The number of aryl methyl sites for hydroxylation is 1. The number of rotatable bonds is 7. The fourth-order valence-corrected chi connectivity index (χ4v) is 4.87. The number of likely N-dealkylation sites (tertiary alicyclic amines) is 1. The van der Waals surface area contributed by atoms with E-state index in [1.54, 1.807) is 0 Å². The molecular formula is C29H39N3O3. The molecule has 0 radical (unpaired) electrons. The Morgan fingerprint density at radius 2 is 1.83 bits per heavy atom. The SMILES string of the molecule is CN(C)Cc1c(Cc2ccccc2)ccc2c(CCC3CCN(C(=O)OC(C)(C)C)CC3)noc12. The predicted molar refractivity (Wildman–Crippen MR) is 139 cm³/mol. The van der Waals surface area contributed by atoms with Crippen LogP contribution in [-0.4, -0.2) is 53.8 Å². The lowest BCUT2D eigenvalue weighted by Crippen LogP contribution is -2.41. The van der Waals surface area contributed by atoms with Gasteiger partial charge in [-0.3, -0.25) is 0 Å². The highest BCUT2D eigenvalue weighted by Gasteiger charge is 2.27. The number of nitrogens with zero attached hydrogens (tertiary/aromatic N) is 3. The second-order valence-corrected chi connectivity index (χ2v) is 11.1. The summed E-state index contributed by atoms with van der Waals surface area (Å²) in [7, 11) is 4.18. The van der Waals surface area contributed by atoms with Gasteiger partial charge in [0.05, 0.1) is 5.69 Å². The average molecular weight is 478 g/mol. The van der Waals surface area contributed by atoms with E-state index in [9.17, 15) is 4.79 Å². The van der Waals surface area contributed by atoms with Crippen molar-refractivity contribution in [3.8, 4) is 0 Å². The maximum absolute atomic E-state index is 12.3. The summed E-state index contributed by atoms with van der Waals surface area (Å²) in [6.45, 7) is 8.07. The molecule has 0 bridgehead atoms. The zero-order chi connectivity index (χ0) is 25.0. The summed E-state index contributed by atoms with van der Waals surface area (Å²) in [4.78, 5) is 16.4. The first-order chi connectivity index (χ1) is 16.7. The molecule has 2 heterocycles. The summed E-state index contributed by atoms with van der Waals surface area (Å²) < 4.78 is 11.5. The van der Waals surface area contributed by atoms with Gasteiger partial charge in [0.1, 0.15) is 5.60 Å². The average Bonchev–Trinajstić information content (AvgIpc) is 3.22. The summed E-state index contributed by atoms with van der Waals surface area (Å²) in [6, 6.07) is 15.0. The molecule has 1 amide bonds. The molecule has 6 heteroatoms. The number of amides is 1. The molecule has 1 fully saturated rings. The van der Waals surface area contributed by atoms with E-state index in [2.05, 4.69) is 66.6 Å². The van der Waals surface area contributed by atoms with E-state index >= 15 is 0 Å². The summed E-state index contributed by atoms with van der Waals surface area (Å²) in [6.07, 6.45) is 4.64. The Kier molecular flexibility index (Phi) is 7.80. The van der Waals surface area contributed by atoms with Gasteiger partial charge in [-0.25, -0.2) is 4.79 Å². The molecule has 0 N–H and O–H groups in total. The second kappa shape index (κ2) is 10.8. The van der Waals surface area contributed by atoms with E-state index in [4.69, 9.17) is 9.26 Å². The number of hydrogen-bond donors (Lipinski definition) is 0. The topological polar surface area (TPSA) is 58.8 Å². The van der Waals surface area contributed by atoms with Crippen LogP contribution in [0.15, 0.2) is 47.0 Å². The van der Waals surface area contributed by atoms with Gasteiger partial charge in [0.15, 0.2) is 5.58 Å². The summed E-state index contributed by atoms with van der Waals surface area (Å²) >= 11 is 0. The van der Waals surface area contributed by atoms with Crippen LogP contribution in [0.1, 0.15) is 62.4 Å². The van der Waals surface area contributed by atoms with Crippen molar-refractivity contribution in [2.75, 3.05) is 27.2 Å². The first kappa shape index (κ1) is 25.2. The van der Waals surface area contributed by atoms with Crippen molar-refractivity contribution >= 4 is 17.1 Å². The van der Waals surface area contributed by atoms with E-state index in [0.29, 0.717) is 5.92 Å². The van der Waals surface area contributed by atoms with Crippen molar-refractivity contribution < 1.29 is 14.1 Å². The monoisotopic (exact) mass is 477 g/mol. The summed E-state index contributed by atoms with van der Waals surface area (Å²) in [5, 5.41) is 5.63. The molecular weight excluding hydrogens is 438 g/mol. The Hall–Kier alpha value is -2.86. The van der Waals surface area contributed by atoms with Gasteiger partial charge in [-0.15, -0.1) is 0 Å². The quantitative estimate of drug-likeness (QED) is 0.414. The molecule has 0 spiro atoms. The molecule has 0 atom stereocenters. The zero-order valence-corrected chi connectivity index (χ0v) is 21.8. The van der Waals surface area contributed by atoms with Crippen molar-refractivity contribution in [3.05, 3.63) is 64.8 Å². The fourth-order valence-electron chi connectivity index (χ4n) is 4.87. The molecule has 0 saturated carbocycles. The largest absolute Gasteiger partial charge is 0.444 e. The molecule has 6 nitrogen and oxygen atoms in total. The van der Waals surface area contributed by atoms with Crippen LogP contribution in [0.5, 0.6) is 0 Å². The molecule has 3 aromatic rings.